The van der Waals surface area contributed by atoms with Gasteiger partial charge >= 0.3 is 0 Å². The van der Waals surface area contributed by atoms with Gasteiger partial charge in [0.1, 0.15) is 11.6 Å². The lowest BCUT2D eigenvalue weighted by atomic mass is 10.2. The van der Waals surface area contributed by atoms with Crippen molar-refractivity contribution in [1.29, 1.82) is 0 Å². The van der Waals surface area contributed by atoms with Gasteiger partial charge in [0, 0.05) is 6.07 Å². The summed E-state index contributed by atoms with van der Waals surface area (Å²) in [5, 5.41) is 7.49. The van der Waals surface area contributed by atoms with Gasteiger partial charge in [-0.25, -0.2) is 9.67 Å². The molecule has 7 heteroatoms. The van der Waals surface area contributed by atoms with E-state index in [1.54, 1.807) is 18.0 Å². The van der Waals surface area contributed by atoms with Crippen LogP contribution in [0, 0.1) is 5.92 Å². The number of nitrogens with zero attached hydrogens (tertiary/aromatic N) is 3. The second-order valence-corrected chi connectivity index (χ2v) is 8.21. The normalized spacial score (nSPS) is 16.5. The summed E-state index contributed by atoms with van der Waals surface area (Å²) in [5.74, 6) is 2.74. The predicted octanol–water partition coefficient (Wildman–Crippen LogP) is 4.16. The summed E-state index contributed by atoms with van der Waals surface area (Å²) in [4.78, 5) is 20.3. The number of carbonyl (C=O) groups is 1. The van der Waals surface area contributed by atoms with Crippen LogP contribution in [-0.2, 0) is 4.79 Å². The Morgan fingerprint density at radius 3 is 2.92 bits per heavy atom. The molecule has 2 unspecified atom stereocenters. The number of para-hydroxylation sites is 2. The maximum atomic E-state index is 12.4. The number of fused-ring (bicyclic) bond motifs is 1. The van der Waals surface area contributed by atoms with Gasteiger partial charge in [0.15, 0.2) is 0 Å². The average molecular weight is 369 g/mol. The first-order valence-electron chi connectivity index (χ1n) is 9.01. The zero-order valence-electron chi connectivity index (χ0n) is 15.0. The van der Waals surface area contributed by atoms with Crippen molar-refractivity contribution in [2.45, 2.75) is 38.0 Å². The topological polar surface area (TPSA) is 75.6 Å². The minimum atomic E-state index is -0.0114. The summed E-state index contributed by atoms with van der Waals surface area (Å²) in [6.45, 7) is 4.23. The first-order chi connectivity index (χ1) is 12.6. The van der Waals surface area contributed by atoms with Gasteiger partial charge in [-0.05, 0) is 44.7 Å². The third-order valence-corrected chi connectivity index (χ3v) is 6.04. The second-order valence-electron chi connectivity index (χ2n) is 6.88. The van der Waals surface area contributed by atoms with Crippen LogP contribution < -0.4 is 5.32 Å². The Balaban J connectivity index is 1.34. The fourth-order valence-electron chi connectivity index (χ4n) is 3.14. The molecule has 0 spiro atoms. The van der Waals surface area contributed by atoms with Crippen LogP contribution in [0.3, 0.4) is 0 Å². The molecule has 3 aromatic rings. The van der Waals surface area contributed by atoms with Crippen molar-refractivity contribution >= 4 is 34.5 Å². The molecule has 26 heavy (non-hydrogen) atoms. The van der Waals surface area contributed by atoms with E-state index >= 15 is 0 Å². The molecule has 0 aliphatic heterocycles. The van der Waals surface area contributed by atoms with E-state index in [2.05, 4.69) is 34.2 Å². The minimum Gasteiger partial charge on any atom is -0.341 e. The van der Waals surface area contributed by atoms with Crippen LogP contribution in [0.4, 0.5) is 5.82 Å². The van der Waals surface area contributed by atoms with Crippen LogP contribution in [0.15, 0.2) is 36.5 Å². The molecule has 136 valence electrons. The number of rotatable bonds is 7. The lowest BCUT2D eigenvalue weighted by Crippen LogP contribution is -2.20. The maximum absolute atomic E-state index is 12.4. The van der Waals surface area contributed by atoms with Crippen LogP contribution in [-0.4, -0.2) is 31.4 Å². The molecule has 6 nitrogen and oxygen atoms in total. The van der Waals surface area contributed by atoms with Gasteiger partial charge in [-0.2, -0.15) is 5.10 Å². The number of hydrogen-bond donors (Lipinski definition) is 2. The molecule has 1 aromatic carbocycles. The zero-order chi connectivity index (χ0) is 18.1. The van der Waals surface area contributed by atoms with E-state index < -0.39 is 0 Å². The van der Waals surface area contributed by atoms with E-state index in [1.807, 2.05) is 35.0 Å². The molecule has 2 aromatic heterocycles. The van der Waals surface area contributed by atoms with E-state index in [0.29, 0.717) is 17.7 Å². The smallest absolute Gasteiger partial charge is 0.235 e. The number of H-pyrrole nitrogens is 1. The first kappa shape index (κ1) is 17.1. The maximum Gasteiger partial charge on any atom is 0.235 e. The fourth-order valence-corrected chi connectivity index (χ4v) is 3.88. The SMILES string of the molecule is CC(SCC(=O)Nc1ccnn1C(C)C1CC1)c1nc2ccccc2[nH]1. The monoisotopic (exact) mass is 369 g/mol. The highest BCUT2D eigenvalue weighted by atomic mass is 32.2. The minimum absolute atomic E-state index is 0.0114. The second kappa shape index (κ2) is 7.15. The summed E-state index contributed by atoms with van der Waals surface area (Å²) in [6, 6.07) is 10.2. The number of nitrogens with one attached hydrogen (secondary N) is 2. The number of hydrogen-bond acceptors (Lipinski definition) is 4. The summed E-state index contributed by atoms with van der Waals surface area (Å²) >= 11 is 1.57. The highest BCUT2D eigenvalue weighted by Gasteiger charge is 2.30. The zero-order valence-corrected chi connectivity index (χ0v) is 15.8. The Morgan fingerprint density at radius 1 is 1.35 bits per heavy atom. The van der Waals surface area contributed by atoms with Crippen LogP contribution in [0.25, 0.3) is 11.0 Å². The molecule has 4 rings (SSSR count). The van der Waals surface area contributed by atoms with E-state index in [-0.39, 0.29) is 11.2 Å². The number of imidazole rings is 1. The van der Waals surface area contributed by atoms with Crippen molar-refractivity contribution in [3.8, 4) is 0 Å². The number of benzene rings is 1. The van der Waals surface area contributed by atoms with Crippen LogP contribution in [0.1, 0.15) is 43.8 Å². The number of carbonyl (C=O) groups excluding carboxylic acids is 1. The highest BCUT2D eigenvalue weighted by Crippen LogP contribution is 2.40. The van der Waals surface area contributed by atoms with E-state index in [9.17, 15) is 4.79 Å². The average Bonchev–Trinajstić information content (AvgIpc) is 3.24. The molecule has 1 saturated carbocycles. The Bertz CT molecular complexity index is 880. The number of anilines is 1. The molecule has 2 atom stereocenters. The van der Waals surface area contributed by atoms with E-state index in [4.69, 9.17) is 0 Å². The molecule has 2 N–H and O–H groups in total. The third-order valence-electron chi connectivity index (χ3n) is 4.88. The van der Waals surface area contributed by atoms with Crippen LogP contribution >= 0.6 is 11.8 Å². The van der Waals surface area contributed by atoms with Crippen molar-refractivity contribution in [2.75, 3.05) is 11.1 Å². The lowest BCUT2D eigenvalue weighted by Gasteiger charge is -2.15. The summed E-state index contributed by atoms with van der Waals surface area (Å²) in [7, 11) is 0. The number of amides is 1. The fraction of sp³-hybridized carbons (Fsp3) is 0.421. The number of aromatic nitrogens is 4. The Labute approximate surface area is 156 Å². The Hall–Kier alpha value is -2.28. The molecule has 1 fully saturated rings. The summed E-state index contributed by atoms with van der Waals surface area (Å²) < 4.78 is 1.93. The number of thioether (sulfide) groups is 1. The largest absolute Gasteiger partial charge is 0.341 e. The highest BCUT2D eigenvalue weighted by molar-refractivity contribution is 8.00. The number of aromatic amines is 1. The van der Waals surface area contributed by atoms with E-state index in [0.717, 1.165) is 22.7 Å². The van der Waals surface area contributed by atoms with Crippen molar-refractivity contribution < 1.29 is 4.79 Å². The molecule has 0 bridgehead atoms. The van der Waals surface area contributed by atoms with Gasteiger partial charge < -0.3 is 10.3 Å². The van der Waals surface area contributed by atoms with Gasteiger partial charge in [-0.15, -0.1) is 11.8 Å². The van der Waals surface area contributed by atoms with Gasteiger partial charge in [-0.3, -0.25) is 4.79 Å². The van der Waals surface area contributed by atoms with Gasteiger partial charge in [-0.1, -0.05) is 12.1 Å². The lowest BCUT2D eigenvalue weighted by molar-refractivity contribution is -0.113. The summed E-state index contributed by atoms with van der Waals surface area (Å²) in [6.07, 6.45) is 4.25. The van der Waals surface area contributed by atoms with Crippen LogP contribution in [0.2, 0.25) is 0 Å². The van der Waals surface area contributed by atoms with Crippen molar-refractivity contribution in [3.63, 3.8) is 0 Å². The Kier molecular flexibility index (Phi) is 4.72. The first-order valence-corrected chi connectivity index (χ1v) is 10.1. The predicted molar refractivity (Wildman–Crippen MR) is 105 cm³/mol. The van der Waals surface area contributed by atoms with Gasteiger partial charge in [0.05, 0.1) is 34.3 Å². The Morgan fingerprint density at radius 2 is 2.15 bits per heavy atom. The molecule has 1 amide bonds. The van der Waals surface area contributed by atoms with Crippen molar-refractivity contribution in [3.05, 3.63) is 42.4 Å². The standard InChI is InChI=1S/C19H23N5OS/c1-12(14-7-8-14)24-17(9-10-20-24)23-18(25)11-26-13(2)19-21-15-5-3-4-6-16(15)22-19/h3-6,9-10,12-14H,7-8,11H2,1-2H3,(H,21,22)(H,23,25). The molecule has 0 saturated heterocycles. The van der Waals surface area contributed by atoms with Crippen LogP contribution in [0.5, 0.6) is 0 Å². The molecular formula is C19H23N5OS. The molecular weight excluding hydrogens is 346 g/mol. The molecule has 1 aliphatic rings. The molecule has 1 aliphatic carbocycles. The van der Waals surface area contributed by atoms with Crippen molar-refractivity contribution in [2.24, 2.45) is 5.92 Å². The van der Waals surface area contributed by atoms with Gasteiger partial charge in [0.2, 0.25) is 5.91 Å². The third kappa shape index (κ3) is 3.62. The quantitative estimate of drug-likeness (QED) is 0.655. The van der Waals surface area contributed by atoms with Crippen molar-refractivity contribution in [1.82, 2.24) is 19.7 Å². The van der Waals surface area contributed by atoms with E-state index in [1.165, 1.54) is 12.8 Å². The molecule has 2 heterocycles. The molecule has 0 radical (unpaired) electrons. The van der Waals surface area contributed by atoms with Gasteiger partial charge in [0.25, 0.3) is 0 Å². The summed E-state index contributed by atoms with van der Waals surface area (Å²) in [5.41, 5.74) is 1.98.